The van der Waals surface area contributed by atoms with Gasteiger partial charge in [0, 0.05) is 17.8 Å². The minimum Gasteiger partial charge on any atom is -0.493 e. The molecule has 1 aromatic heterocycles. The molecule has 35 heavy (non-hydrogen) atoms. The molecular weight excluding hydrogens is 452 g/mol. The van der Waals surface area contributed by atoms with Crippen LogP contribution in [0.15, 0.2) is 53.3 Å². The molecule has 3 aromatic rings. The van der Waals surface area contributed by atoms with Crippen molar-refractivity contribution in [2.75, 3.05) is 13.7 Å². The molecule has 0 spiro atoms. The van der Waals surface area contributed by atoms with Crippen LogP contribution in [0.2, 0.25) is 0 Å². The Bertz CT molecular complexity index is 1300. The first-order valence-electron chi connectivity index (χ1n) is 11.1. The van der Waals surface area contributed by atoms with Gasteiger partial charge in [-0.15, -0.1) is 0 Å². The molecule has 10 nitrogen and oxygen atoms in total. The van der Waals surface area contributed by atoms with E-state index >= 15 is 0 Å². The second-order valence-electron chi connectivity index (χ2n) is 8.47. The number of hydrogen-bond acceptors (Lipinski definition) is 7. The highest BCUT2D eigenvalue weighted by Gasteiger charge is 2.22. The molecule has 1 heterocycles. The van der Waals surface area contributed by atoms with E-state index in [4.69, 9.17) is 9.47 Å². The van der Waals surface area contributed by atoms with Crippen LogP contribution in [0.5, 0.6) is 11.5 Å². The van der Waals surface area contributed by atoms with Crippen LogP contribution < -0.4 is 20.2 Å². The van der Waals surface area contributed by atoms with Crippen LogP contribution in [0, 0.1) is 23.0 Å². The average molecular weight is 481 g/mol. The third-order valence-corrected chi connectivity index (χ3v) is 5.24. The Labute approximate surface area is 202 Å². The number of carbonyl (C=O) groups is 1. The minimum atomic E-state index is -0.700. The van der Waals surface area contributed by atoms with E-state index in [0.717, 1.165) is 5.56 Å². The number of nitrogens with one attached hydrogen (secondary N) is 1. The summed E-state index contributed by atoms with van der Waals surface area (Å²) in [6.07, 6.45) is 0. The fourth-order valence-electron chi connectivity index (χ4n) is 3.42. The number of amides is 1. The Kier molecular flexibility index (Phi) is 7.85. The van der Waals surface area contributed by atoms with Crippen LogP contribution >= 0.6 is 0 Å². The van der Waals surface area contributed by atoms with Crippen LogP contribution in [-0.2, 0) is 0 Å². The Hall–Kier alpha value is -4.21. The lowest BCUT2D eigenvalue weighted by atomic mass is 10.1. The molecule has 1 unspecified atom stereocenters. The van der Waals surface area contributed by atoms with Crippen molar-refractivity contribution in [3.05, 3.63) is 85.8 Å². The van der Waals surface area contributed by atoms with Gasteiger partial charge in [-0.25, -0.2) is 4.68 Å². The SMILES string of the molecule is COc1cc(C(C)NC(=O)c2nn(-c3ccccc3[N+](=O)[O-])c(C)cc2=O)ccc1OCC(C)C. The Morgan fingerprint density at radius 1 is 1.14 bits per heavy atom. The first kappa shape index (κ1) is 25.4. The van der Waals surface area contributed by atoms with Gasteiger partial charge in [0.1, 0.15) is 5.69 Å². The van der Waals surface area contributed by atoms with E-state index in [9.17, 15) is 19.7 Å². The lowest BCUT2D eigenvalue weighted by molar-refractivity contribution is -0.384. The summed E-state index contributed by atoms with van der Waals surface area (Å²) in [5, 5.41) is 18.4. The molecule has 0 radical (unpaired) electrons. The van der Waals surface area contributed by atoms with Crippen LogP contribution in [0.3, 0.4) is 0 Å². The van der Waals surface area contributed by atoms with Crippen molar-refractivity contribution in [2.45, 2.75) is 33.7 Å². The smallest absolute Gasteiger partial charge is 0.294 e. The van der Waals surface area contributed by atoms with Gasteiger partial charge >= 0.3 is 0 Å². The van der Waals surface area contributed by atoms with Crippen molar-refractivity contribution in [1.29, 1.82) is 0 Å². The summed E-state index contributed by atoms with van der Waals surface area (Å²) in [5.74, 6) is 0.766. The number of nitrogens with zero attached hydrogens (tertiary/aromatic N) is 3. The van der Waals surface area contributed by atoms with Crippen LogP contribution in [-0.4, -0.2) is 34.3 Å². The fourth-order valence-corrected chi connectivity index (χ4v) is 3.42. The second-order valence-corrected chi connectivity index (χ2v) is 8.47. The van der Waals surface area contributed by atoms with Crippen LogP contribution in [0.1, 0.15) is 48.6 Å². The van der Waals surface area contributed by atoms with Gasteiger partial charge in [-0.2, -0.15) is 5.10 Å². The summed E-state index contributed by atoms with van der Waals surface area (Å²) in [5.41, 5.74) is 0.0903. The summed E-state index contributed by atoms with van der Waals surface area (Å²) in [6.45, 7) is 7.97. The van der Waals surface area contributed by atoms with E-state index in [1.807, 2.05) is 13.8 Å². The third-order valence-electron chi connectivity index (χ3n) is 5.24. The molecule has 0 aliphatic rings. The maximum absolute atomic E-state index is 13.0. The molecule has 3 rings (SSSR count). The van der Waals surface area contributed by atoms with E-state index in [1.165, 1.54) is 36.1 Å². The van der Waals surface area contributed by atoms with Gasteiger partial charge in [0.2, 0.25) is 5.43 Å². The zero-order chi connectivity index (χ0) is 25.7. The number of carbonyl (C=O) groups excluding carboxylic acids is 1. The van der Waals surface area contributed by atoms with E-state index in [0.29, 0.717) is 29.7 Å². The number of para-hydroxylation sites is 2. The highest BCUT2D eigenvalue weighted by molar-refractivity contribution is 5.92. The second kappa shape index (κ2) is 10.8. The van der Waals surface area contributed by atoms with Gasteiger partial charge in [-0.3, -0.25) is 19.7 Å². The highest BCUT2D eigenvalue weighted by atomic mass is 16.6. The van der Waals surface area contributed by atoms with Gasteiger partial charge in [-0.1, -0.05) is 32.0 Å². The summed E-state index contributed by atoms with van der Waals surface area (Å²) in [4.78, 5) is 36.5. The normalized spacial score (nSPS) is 11.7. The molecule has 0 bridgehead atoms. The summed E-state index contributed by atoms with van der Waals surface area (Å²) in [7, 11) is 1.53. The Morgan fingerprint density at radius 3 is 2.51 bits per heavy atom. The van der Waals surface area contributed by atoms with E-state index in [1.54, 1.807) is 38.1 Å². The van der Waals surface area contributed by atoms with E-state index < -0.39 is 22.3 Å². The van der Waals surface area contributed by atoms with Gasteiger partial charge in [-0.05, 0) is 43.5 Å². The van der Waals surface area contributed by atoms with Crippen LogP contribution in [0.4, 0.5) is 5.69 Å². The molecule has 2 aromatic carbocycles. The van der Waals surface area contributed by atoms with Crippen molar-refractivity contribution < 1.29 is 19.2 Å². The predicted octanol–water partition coefficient (Wildman–Crippen LogP) is 3.98. The summed E-state index contributed by atoms with van der Waals surface area (Å²) in [6, 6.07) is 12.1. The number of rotatable bonds is 9. The molecule has 1 amide bonds. The molecule has 10 heteroatoms. The Balaban J connectivity index is 1.89. The standard InChI is InChI=1S/C25H28N4O6/c1-15(2)14-35-22-11-10-18(13-23(22)34-5)17(4)26-25(31)24-21(30)12-16(3)28(27-24)19-8-6-7-9-20(19)29(32)33/h6-13,15,17H,14H2,1-5H3,(H,26,31). The zero-order valence-corrected chi connectivity index (χ0v) is 20.3. The molecular formula is C25H28N4O6. The minimum absolute atomic E-state index is 0.152. The average Bonchev–Trinajstić information content (AvgIpc) is 2.82. The number of nitro groups is 1. The highest BCUT2D eigenvalue weighted by Crippen LogP contribution is 2.31. The third kappa shape index (κ3) is 5.84. The number of ether oxygens (including phenoxy) is 2. The monoisotopic (exact) mass is 480 g/mol. The largest absolute Gasteiger partial charge is 0.493 e. The van der Waals surface area contributed by atoms with Crippen molar-refractivity contribution >= 4 is 11.6 Å². The predicted molar refractivity (Wildman–Crippen MR) is 130 cm³/mol. The van der Waals surface area contributed by atoms with Gasteiger partial charge in [0.25, 0.3) is 11.6 Å². The quantitative estimate of drug-likeness (QED) is 0.363. The van der Waals surface area contributed by atoms with Gasteiger partial charge in [0.15, 0.2) is 17.2 Å². The summed E-state index contributed by atoms with van der Waals surface area (Å²) >= 11 is 0. The van der Waals surface area contributed by atoms with Crippen molar-refractivity contribution in [1.82, 2.24) is 15.1 Å². The lowest BCUT2D eigenvalue weighted by Gasteiger charge is -2.18. The fraction of sp³-hybridized carbons (Fsp3) is 0.320. The van der Waals surface area contributed by atoms with Crippen LogP contribution in [0.25, 0.3) is 5.69 Å². The van der Waals surface area contributed by atoms with Crippen molar-refractivity contribution in [3.63, 3.8) is 0 Å². The Morgan fingerprint density at radius 2 is 1.86 bits per heavy atom. The number of methoxy groups -OCH3 is 1. The molecule has 1 atom stereocenters. The molecule has 184 valence electrons. The lowest BCUT2D eigenvalue weighted by Crippen LogP contribution is -2.33. The van der Waals surface area contributed by atoms with Crippen molar-refractivity contribution in [2.24, 2.45) is 5.92 Å². The zero-order valence-electron chi connectivity index (χ0n) is 20.3. The molecule has 0 saturated heterocycles. The first-order chi connectivity index (χ1) is 16.6. The number of hydrogen-bond donors (Lipinski definition) is 1. The molecule has 0 aliphatic heterocycles. The van der Waals surface area contributed by atoms with Gasteiger partial charge in [0.05, 0.1) is 24.7 Å². The molecule has 0 fully saturated rings. The topological polar surface area (TPSA) is 126 Å². The van der Waals surface area contributed by atoms with Crippen molar-refractivity contribution in [3.8, 4) is 17.2 Å². The van der Waals surface area contributed by atoms with E-state index in [2.05, 4.69) is 10.4 Å². The van der Waals surface area contributed by atoms with Gasteiger partial charge < -0.3 is 14.8 Å². The van der Waals surface area contributed by atoms with E-state index in [-0.39, 0.29) is 17.1 Å². The maximum Gasteiger partial charge on any atom is 0.294 e. The number of benzene rings is 2. The number of aromatic nitrogens is 2. The molecule has 0 saturated carbocycles. The molecule has 1 N–H and O–H groups in total. The molecule has 0 aliphatic carbocycles. The maximum atomic E-state index is 13.0. The summed E-state index contributed by atoms with van der Waals surface area (Å²) < 4.78 is 12.4. The first-order valence-corrected chi connectivity index (χ1v) is 11.1. The number of aryl methyl sites for hydroxylation is 1. The number of nitro benzene ring substituents is 1.